The highest BCUT2D eigenvalue weighted by Crippen LogP contribution is 2.25. The maximum atomic E-state index is 13.9. The molecule has 0 saturated heterocycles. The van der Waals surface area contributed by atoms with Crippen molar-refractivity contribution in [2.24, 2.45) is 5.92 Å². The largest absolute Gasteiger partial charge is 0.354 e. The van der Waals surface area contributed by atoms with Gasteiger partial charge in [0.15, 0.2) is 0 Å². The van der Waals surface area contributed by atoms with E-state index < -0.39 is 28.5 Å². The standard InChI is InChI=1S/C30H37N3O4S/c1-22(2)19-31-30(35)25(5)32(20-26-11-7-6-8-12-26)29(34)21-33(27-13-9-10-24(4)18-27)38(36,37)28-16-14-23(3)15-17-28/h6-18,22,25H,19-21H2,1-5H3,(H,31,35)/t25-/m1/s1. The van der Waals surface area contributed by atoms with Crippen molar-refractivity contribution < 1.29 is 18.0 Å². The number of benzene rings is 3. The fourth-order valence-corrected chi connectivity index (χ4v) is 5.37. The van der Waals surface area contributed by atoms with E-state index in [-0.39, 0.29) is 23.3 Å². The van der Waals surface area contributed by atoms with Crippen LogP contribution in [0.2, 0.25) is 0 Å². The summed E-state index contributed by atoms with van der Waals surface area (Å²) in [6.07, 6.45) is 0. The van der Waals surface area contributed by atoms with Crippen LogP contribution in [0.3, 0.4) is 0 Å². The molecular formula is C30H37N3O4S. The Balaban J connectivity index is 2.00. The molecule has 3 rings (SSSR count). The number of amides is 2. The molecule has 0 aromatic heterocycles. The molecule has 202 valence electrons. The SMILES string of the molecule is Cc1ccc(S(=O)(=O)N(CC(=O)N(Cc2ccccc2)[C@H](C)C(=O)NCC(C)C)c2cccc(C)c2)cc1. The van der Waals surface area contributed by atoms with Crippen LogP contribution >= 0.6 is 0 Å². The number of nitrogens with one attached hydrogen (secondary N) is 1. The predicted molar refractivity (Wildman–Crippen MR) is 151 cm³/mol. The van der Waals surface area contributed by atoms with Gasteiger partial charge in [0.05, 0.1) is 10.6 Å². The number of hydrogen-bond acceptors (Lipinski definition) is 4. The summed E-state index contributed by atoms with van der Waals surface area (Å²) in [6.45, 7) is 9.60. The number of carbonyl (C=O) groups is 2. The number of anilines is 1. The van der Waals surface area contributed by atoms with Crippen molar-refractivity contribution in [3.8, 4) is 0 Å². The van der Waals surface area contributed by atoms with Gasteiger partial charge in [-0.3, -0.25) is 13.9 Å². The van der Waals surface area contributed by atoms with Crippen LogP contribution in [0.4, 0.5) is 5.69 Å². The van der Waals surface area contributed by atoms with Crippen molar-refractivity contribution in [1.29, 1.82) is 0 Å². The van der Waals surface area contributed by atoms with E-state index in [1.807, 2.05) is 64.1 Å². The van der Waals surface area contributed by atoms with E-state index in [0.717, 1.165) is 21.0 Å². The van der Waals surface area contributed by atoms with Crippen LogP contribution in [0.15, 0.2) is 83.8 Å². The fraction of sp³-hybridized carbons (Fsp3) is 0.333. The normalized spacial score (nSPS) is 12.2. The molecule has 1 N–H and O–H groups in total. The molecule has 0 heterocycles. The Labute approximate surface area is 226 Å². The predicted octanol–water partition coefficient (Wildman–Crippen LogP) is 4.69. The molecule has 0 unspecified atom stereocenters. The molecule has 0 aliphatic heterocycles. The van der Waals surface area contributed by atoms with E-state index in [4.69, 9.17) is 0 Å². The highest BCUT2D eigenvalue weighted by molar-refractivity contribution is 7.92. The molecule has 0 saturated carbocycles. The summed E-state index contributed by atoms with van der Waals surface area (Å²) in [5.74, 6) is -0.509. The molecule has 7 nitrogen and oxygen atoms in total. The monoisotopic (exact) mass is 535 g/mol. The lowest BCUT2D eigenvalue weighted by atomic mass is 10.1. The molecule has 0 aliphatic rings. The summed E-state index contributed by atoms with van der Waals surface area (Å²) in [7, 11) is -4.07. The van der Waals surface area contributed by atoms with Gasteiger partial charge in [0.1, 0.15) is 12.6 Å². The molecule has 0 fully saturated rings. The summed E-state index contributed by atoms with van der Waals surface area (Å²) in [6, 6.07) is 22.1. The van der Waals surface area contributed by atoms with Gasteiger partial charge >= 0.3 is 0 Å². The van der Waals surface area contributed by atoms with Crippen molar-refractivity contribution in [2.75, 3.05) is 17.4 Å². The summed E-state index contributed by atoms with van der Waals surface area (Å²) in [4.78, 5) is 28.4. The minimum absolute atomic E-state index is 0.0924. The Kier molecular flexibility index (Phi) is 9.69. The first-order valence-electron chi connectivity index (χ1n) is 12.8. The van der Waals surface area contributed by atoms with Crippen LogP contribution in [0.5, 0.6) is 0 Å². The highest BCUT2D eigenvalue weighted by Gasteiger charge is 2.32. The number of sulfonamides is 1. The molecule has 0 bridgehead atoms. The second-order valence-electron chi connectivity index (χ2n) is 9.99. The van der Waals surface area contributed by atoms with Gasteiger partial charge in [-0.15, -0.1) is 0 Å². The zero-order chi connectivity index (χ0) is 27.9. The van der Waals surface area contributed by atoms with Crippen LogP contribution in [-0.2, 0) is 26.2 Å². The van der Waals surface area contributed by atoms with E-state index in [2.05, 4.69) is 5.32 Å². The lowest BCUT2D eigenvalue weighted by molar-refractivity contribution is -0.139. The van der Waals surface area contributed by atoms with Crippen molar-refractivity contribution in [1.82, 2.24) is 10.2 Å². The van der Waals surface area contributed by atoms with Gasteiger partial charge < -0.3 is 10.2 Å². The van der Waals surface area contributed by atoms with Crippen LogP contribution in [0.1, 0.15) is 37.5 Å². The molecule has 0 spiro atoms. The quantitative estimate of drug-likeness (QED) is 0.386. The average molecular weight is 536 g/mol. The van der Waals surface area contributed by atoms with E-state index in [9.17, 15) is 18.0 Å². The molecule has 1 atom stereocenters. The van der Waals surface area contributed by atoms with Crippen LogP contribution < -0.4 is 9.62 Å². The minimum Gasteiger partial charge on any atom is -0.354 e. The lowest BCUT2D eigenvalue weighted by Crippen LogP contribution is -2.51. The number of carbonyl (C=O) groups excluding carboxylic acids is 2. The van der Waals surface area contributed by atoms with Gasteiger partial charge in [-0.1, -0.05) is 74.0 Å². The first kappa shape index (κ1) is 28.9. The molecule has 38 heavy (non-hydrogen) atoms. The van der Waals surface area contributed by atoms with E-state index in [0.29, 0.717) is 12.2 Å². The van der Waals surface area contributed by atoms with E-state index >= 15 is 0 Å². The fourth-order valence-electron chi connectivity index (χ4n) is 3.96. The Morgan fingerprint density at radius 2 is 1.50 bits per heavy atom. The summed E-state index contributed by atoms with van der Waals surface area (Å²) < 4.78 is 28.8. The molecule has 0 radical (unpaired) electrons. The average Bonchev–Trinajstić information content (AvgIpc) is 2.89. The van der Waals surface area contributed by atoms with E-state index in [1.54, 1.807) is 49.4 Å². The van der Waals surface area contributed by atoms with Crippen molar-refractivity contribution in [3.63, 3.8) is 0 Å². The smallest absolute Gasteiger partial charge is 0.264 e. The van der Waals surface area contributed by atoms with Gasteiger partial charge in [-0.2, -0.15) is 0 Å². The molecule has 0 aliphatic carbocycles. The Morgan fingerprint density at radius 1 is 0.842 bits per heavy atom. The first-order chi connectivity index (χ1) is 18.0. The van der Waals surface area contributed by atoms with Crippen molar-refractivity contribution in [3.05, 3.63) is 95.6 Å². The van der Waals surface area contributed by atoms with Crippen molar-refractivity contribution >= 4 is 27.5 Å². The van der Waals surface area contributed by atoms with Crippen LogP contribution in [0, 0.1) is 19.8 Å². The molecule has 3 aromatic rings. The number of hydrogen-bond donors (Lipinski definition) is 1. The Hall–Kier alpha value is -3.65. The second-order valence-corrected chi connectivity index (χ2v) is 11.8. The minimum atomic E-state index is -4.07. The third-order valence-electron chi connectivity index (χ3n) is 6.23. The van der Waals surface area contributed by atoms with Crippen molar-refractivity contribution in [2.45, 2.75) is 52.1 Å². The van der Waals surface area contributed by atoms with Gasteiger partial charge in [0.25, 0.3) is 10.0 Å². The maximum absolute atomic E-state index is 13.9. The summed E-state index contributed by atoms with van der Waals surface area (Å²) >= 11 is 0. The Bertz CT molecular complexity index is 1340. The van der Waals surface area contributed by atoms with E-state index in [1.165, 1.54) is 4.90 Å². The molecule has 2 amide bonds. The molecular weight excluding hydrogens is 498 g/mol. The molecule has 3 aromatic carbocycles. The zero-order valence-corrected chi connectivity index (χ0v) is 23.5. The number of rotatable bonds is 11. The van der Waals surface area contributed by atoms with Gasteiger partial charge in [0, 0.05) is 13.1 Å². The summed E-state index contributed by atoms with van der Waals surface area (Å²) in [5.41, 5.74) is 3.02. The summed E-state index contributed by atoms with van der Waals surface area (Å²) in [5, 5.41) is 2.89. The van der Waals surface area contributed by atoms with Crippen LogP contribution in [-0.4, -0.2) is 44.3 Å². The highest BCUT2D eigenvalue weighted by atomic mass is 32.2. The zero-order valence-electron chi connectivity index (χ0n) is 22.7. The van der Waals surface area contributed by atoms with Gasteiger partial charge in [-0.05, 0) is 62.1 Å². The van der Waals surface area contributed by atoms with Gasteiger partial charge in [0.2, 0.25) is 11.8 Å². The third-order valence-corrected chi connectivity index (χ3v) is 8.01. The Morgan fingerprint density at radius 3 is 2.11 bits per heavy atom. The third kappa shape index (κ3) is 7.44. The van der Waals surface area contributed by atoms with Crippen LogP contribution in [0.25, 0.3) is 0 Å². The number of aryl methyl sites for hydroxylation is 2. The topological polar surface area (TPSA) is 86.8 Å². The van der Waals surface area contributed by atoms with Gasteiger partial charge in [-0.25, -0.2) is 8.42 Å². The number of nitrogens with zero attached hydrogens (tertiary/aromatic N) is 2. The second kappa shape index (κ2) is 12.7. The first-order valence-corrected chi connectivity index (χ1v) is 14.2. The maximum Gasteiger partial charge on any atom is 0.264 e. The lowest BCUT2D eigenvalue weighted by Gasteiger charge is -2.32. The molecule has 8 heteroatoms.